The van der Waals surface area contributed by atoms with Crippen molar-refractivity contribution in [3.8, 4) is 0 Å². The number of carbonyl (C=O) groups is 1. The zero-order valence-electron chi connectivity index (χ0n) is 2.63. The number of hydrogen-bond donors (Lipinski definition) is 1. The van der Waals surface area contributed by atoms with Crippen LogP contribution in [0.3, 0.4) is 0 Å². The summed E-state index contributed by atoms with van der Waals surface area (Å²) in [6.07, 6.45) is -0.617. The van der Waals surface area contributed by atoms with Crippen molar-refractivity contribution in [2.24, 2.45) is 0 Å². The fourth-order valence-electron chi connectivity index (χ4n) is 0.141. The van der Waals surface area contributed by atoms with Gasteiger partial charge in [-0.3, -0.25) is 0 Å². The molecule has 1 atom stereocenters. The van der Waals surface area contributed by atoms with E-state index in [0.29, 0.717) is 0 Å². The van der Waals surface area contributed by atoms with Crippen molar-refractivity contribution in [2.75, 3.05) is 0 Å². The van der Waals surface area contributed by atoms with Gasteiger partial charge in [0.2, 0.25) is 0 Å². The van der Waals surface area contributed by atoms with E-state index in [2.05, 4.69) is 4.18 Å². The zero-order valence-corrected chi connectivity index (χ0v) is 3.45. The van der Waals surface area contributed by atoms with Gasteiger partial charge in [0, 0.05) is 0 Å². The van der Waals surface area contributed by atoms with Crippen LogP contribution in [-0.2, 0) is 15.4 Å². The van der Waals surface area contributed by atoms with Crippen LogP contribution in [0.2, 0.25) is 0 Å². The second-order valence-corrected chi connectivity index (χ2v) is 1.55. The average Bonchev–Trinajstić information content (AvgIpc) is 1.33. The predicted molar refractivity (Wildman–Crippen MR) is 17.8 cm³/mol. The second kappa shape index (κ2) is 0.939. The third-order valence-corrected chi connectivity index (χ3v) is 0.954. The van der Waals surface area contributed by atoms with Crippen LogP contribution in [0.25, 0.3) is 0 Å². The average molecular weight is 107 g/mol. The molecule has 34 valence electrons. The summed E-state index contributed by atoms with van der Waals surface area (Å²) in [5, 5.41) is 0. The Hall–Kier alpha value is -0.580. The van der Waals surface area contributed by atoms with Crippen molar-refractivity contribution >= 4 is 17.4 Å². The summed E-state index contributed by atoms with van der Waals surface area (Å²) >= 11 is -1.52. The summed E-state index contributed by atoms with van der Waals surface area (Å²) in [7, 11) is 0. The molecule has 0 spiro atoms. The first kappa shape index (κ1) is 3.60. The van der Waals surface area contributed by atoms with Gasteiger partial charge in [-0.05, 0) is 0 Å². The van der Waals surface area contributed by atoms with Crippen LogP contribution >= 0.6 is 0 Å². The Labute approximate surface area is 36.3 Å². The fraction of sp³-hybridized carbons (Fsp3) is 0. The summed E-state index contributed by atoms with van der Waals surface area (Å²) in [5.74, 6) is 0. The molecule has 1 amide bonds. The second-order valence-electron chi connectivity index (χ2n) is 0.708. The predicted octanol–water partition coefficient (Wildman–Crippen LogP) is -0.695. The summed E-state index contributed by atoms with van der Waals surface area (Å²) in [5.41, 5.74) is 0. The number of amides is 1. The first-order chi connectivity index (χ1) is 2.79. The van der Waals surface area contributed by atoms with Gasteiger partial charge >= 0.3 is 17.4 Å². The molecule has 0 aliphatic carbocycles. The Morgan fingerprint density at radius 2 is 2.33 bits per heavy atom. The molecule has 0 saturated carbocycles. The Morgan fingerprint density at radius 1 is 1.83 bits per heavy atom. The minimum absolute atomic E-state index is 0.617. The third-order valence-electron chi connectivity index (χ3n) is 0.318. The molecule has 1 N–H and O–H groups in total. The molecular weight excluding hydrogens is 106 g/mol. The molecule has 0 bridgehead atoms. The summed E-state index contributed by atoms with van der Waals surface area (Å²) in [4.78, 5) is 9.58. The zero-order chi connectivity index (χ0) is 4.57. The van der Waals surface area contributed by atoms with Crippen LogP contribution in [0.15, 0.2) is 0 Å². The quantitative estimate of drug-likeness (QED) is 0.445. The molecule has 0 aromatic carbocycles. The highest BCUT2D eigenvalue weighted by Crippen LogP contribution is 1.92. The maximum absolute atomic E-state index is 9.67. The topological polar surface area (TPSA) is 55.4 Å². The molecule has 1 saturated heterocycles. The molecule has 1 fully saturated rings. The van der Waals surface area contributed by atoms with Crippen molar-refractivity contribution in [1.29, 1.82) is 0 Å². The molecule has 6 heavy (non-hydrogen) atoms. The number of carbonyl (C=O) groups excluding carboxylic acids is 1. The maximum atomic E-state index is 9.67. The fourth-order valence-corrected chi connectivity index (χ4v) is 0.422. The van der Waals surface area contributed by atoms with E-state index in [9.17, 15) is 9.00 Å². The first-order valence-electron chi connectivity index (χ1n) is 1.20. The molecule has 1 aliphatic heterocycles. The van der Waals surface area contributed by atoms with Gasteiger partial charge in [0.15, 0.2) is 0 Å². The van der Waals surface area contributed by atoms with E-state index in [-0.39, 0.29) is 0 Å². The Morgan fingerprint density at radius 3 is 2.33 bits per heavy atom. The van der Waals surface area contributed by atoms with Gasteiger partial charge in [0.1, 0.15) is 0 Å². The number of nitrogens with one attached hydrogen (secondary N) is 1. The lowest BCUT2D eigenvalue weighted by atomic mass is 11.3. The van der Waals surface area contributed by atoms with Gasteiger partial charge in [-0.15, -0.1) is 0 Å². The van der Waals surface area contributed by atoms with Crippen LogP contribution in [0, 0.1) is 0 Å². The van der Waals surface area contributed by atoms with Gasteiger partial charge in [-0.1, -0.05) is 0 Å². The number of rotatable bonds is 0. The Bertz CT molecular complexity index is 87.4. The highest BCUT2D eigenvalue weighted by Gasteiger charge is 2.21. The van der Waals surface area contributed by atoms with Crippen molar-refractivity contribution in [3.05, 3.63) is 0 Å². The monoisotopic (exact) mass is 107 g/mol. The normalized spacial score (nSPS) is 30.0. The largest absolute Gasteiger partial charge is 0.437 e. The lowest BCUT2D eigenvalue weighted by molar-refractivity contribution is 0.198. The lowest BCUT2D eigenvalue weighted by Gasteiger charge is -2.09. The van der Waals surface area contributed by atoms with Gasteiger partial charge in [0.25, 0.3) is 0 Å². The molecule has 1 heterocycles. The molecular formula is CHNO3S. The van der Waals surface area contributed by atoms with Gasteiger partial charge in [-0.25, -0.2) is 9.52 Å². The smallest absolute Gasteiger partial charge is 0.330 e. The Balaban J connectivity index is 2.47. The summed E-state index contributed by atoms with van der Waals surface area (Å²) in [6, 6.07) is 0. The van der Waals surface area contributed by atoms with Crippen LogP contribution < -0.4 is 4.72 Å². The van der Waals surface area contributed by atoms with Crippen LogP contribution in [0.1, 0.15) is 0 Å². The standard InChI is InChI=1S/CHNO3S/c3-1-2-6(4)5-1/h(H,2,3). The highest BCUT2D eigenvalue weighted by atomic mass is 32.2. The van der Waals surface area contributed by atoms with Crippen LogP contribution in [-0.4, -0.2) is 10.3 Å². The van der Waals surface area contributed by atoms with E-state index in [1.165, 1.54) is 0 Å². The first-order valence-corrected chi connectivity index (χ1v) is 2.27. The molecule has 1 aliphatic rings. The Kier molecular flexibility index (Phi) is 0.564. The van der Waals surface area contributed by atoms with E-state index >= 15 is 0 Å². The summed E-state index contributed by atoms with van der Waals surface area (Å²) < 4.78 is 15.4. The van der Waals surface area contributed by atoms with Crippen LogP contribution in [0.4, 0.5) is 4.79 Å². The molecule has 4 nitrogen and oxygen atoms in total. The molecule has 1 unspecified atom stereocenters. The van der Waals surface area contributed by atoms with Crippen molar-refractivity contribution in [3.63, 3.8) is 0 Å². The minimum Gasteiger partial charge on any atom is -0.330 e. The highest BCUT2D eigenvalue weighted by molar-refractivity contribution is 7.81. The van der Waals surface area contributed by atoms with Crippen LogP contribution in [0.5, 0.6) is 0 Å². The minimum atomic E-state index is -1.52. The van der Waals surface area contributed by atoms with Gasteiger partial charge < -0.3 is 4.18 Å². The van der Waals surface area contributed by atoms with E-state index in [1.807, 2.05) is 4.72 Å². The molecule has 0 radical (unpaired) electrons. The molecule has 0 aromatic rings. The van der Waals surface area contributed by atoms with E-state index in [4.69, 9.17) is 0 Å². The summed E-state index contributed by atoms with van der Waals surface area (Å²) in [6.45, 7) is 0. The maximum Gasteiger partial charge on any atom is 0.437 e. The van der Waals surface area contributed by atoms with Gasteiger partial charge in [-0.2, -0.15) is 4.21 Å². The molecule has 5 heteroatoms. The van der Waals surface area contributed by atoms with Crippen molar-refractivity contribution in [2.45, 2.75) is 0 Å². The van der Waals surface area contributed by atoms with E-state index < -0.39 is 17.4 Å². The SMILES string of the molecule is O=C1NS(=O)O1. The number of hydrogen-bond acceptors (Lipinski definition) is 3. The lowest BCUT2D eigenvalue weighted by Crippen LogP contribution is -2.40. The molecule has 1 rings (SSSR count). The van der Waals surface area contributed by atoms with E-state index in [0.717, 1.165) is 0 Å². The van der Waals surface area contributed by atoms with Crippen molar-refractivity contribution < 1.29 is 13.2 Å². The molecule has 0 aromatic heterocycles. The van der Waals surface area contributed by atoms with Gasteiger partial charge in [0.05, 0.1) is 0 Å². The third kappa shape index (κ3) is 0.364. The van der Waals surface area contributed by atoms with E-state index in [1.54, 1.807) is 0 Å². The van der Waals surface area contributed by atoms with Crippen molar-refractivity contribution in [1.82, 2.24) is 4.72 Å².